The van der Waals surface area contributed by atoms with E-state index in [1.165, 1.54) is 0 Å². The standard InChI is InChI=1S/C25H21BrClN3O2/c1-17-12-24(29-30(17)15-20-7-2-3-11-23(20)27)28-25(31)19-8-4-6-18(13-19)16-32-22-10-5-9-21(26)14-22/h2-14H,15-16H2,1H3,(H,28,29,31). The number of carbonyl (C=O) groups is 1. The summed E-state index contributed by atoms with van der Waals surface area (Å²) < 4.78 is 8.59. The summed E-state index contributed by atoms with van der Waals surface area (Å²) in [6.45, 7) is 2.84. The molecule has 7 heteroatoms. The average molecular weight is 511 g/mol. The molecule has 4 rings (SSSR count). The minimum Gasteiger partial charge on any atom is -0.489 e. The van der Waals surface area contributed by atoms with Crippen LogP contribution in [0.3, 0.4) is 0 Å². The highest BCUT2D eigenvalue weighted by atomic mass is 79.9. The number of halogens is 2. The lowest BCUT2D eigenvalue weighted by atomic mass is 10.1. The highest BCUT2D eigenvalue weighted by Crippen LogP contribution is 2.20. The Kier molecular flexibility index (Phi) is 6.93. The van der Waals surface area contributed by atoms with Gasteiger partial charge in [0.05, 0.1) is 6.54 Å². The molecule has 0 spiro atoms. The maximum atomic E-state index is 12.8. The van der Waals surface area contributed by atoms with Gasteiger partial charge in [0.15, 0.2) is 5.82 Å². The van der Waals surface area contributed by atoms with Gasteiger partial charge in [0.2, 0.25) is 0 Å². The molecule has 1 amide bonds. The number of hydrogen-bond acceptors (Lipinski definition) is 3. The van der Waals surface area contributed by atoms with E-state index < -0.39 is 0 Å². The van der Waals surface area contributed by atoms with Gasteiger partial charge in [-0.1, -0.05) is 63.9 Å². The van der Waals surface area contributed by atoms with Gasteiger partial charge in [-0.3, -0.25) is 9.48 Å². The van der Waals surface area contributed by atoms with E-state index in [2.05, 4.69) is 26.3 Å². The number of hydrogen-bond donors (Lipinski definition) is 1. The van der Waals surface area contributed by atoms with Crippen molar-refractivity contribution in [1.29, 1.82) is 0 Å². The monoisotopic (exact) mass is 509 g/mol. The highest BCUT2D eigenvalue weighted by molar-refractivity contribution is 9.10. The Labute approximate surface area is 200 Å². The Morgan fingerprint density at radius 2 is 1.88 bits per heavy atom. The Balaban J connectivity index is 1.42. The van der Waals surface area contributed by atoms with E-state index in [1.54, 1.807) is 6.07 Å². The zero-order valence-corrected chi connectivity index (χ0v) is 19.7. The number of benzene rings is 3. The number of anilines is 1. The number of amides is 1. The molecule has 162 valence electrons. The average Bonchev–Trinajstić information content (AvgIpc) is 3.12. The minimum absolute atomic E-state index is 0.225. The summed E-state index contributed by atoms with van der Waals surface area (Å²) in [5, 5.41) is 8.08. The molecular formula is C25H21BrClN3O2. The molecule has 1 N–H and O–H groups in total. The molecule has 1 aromatic heterocycles. The molecule has 0 unspecified atom stereocenters. The molecule has 0 atom stereocenters. The number of ether oxygens (including phenoxy) is 1. The predicted molar refractivity (Wildman–Crippen MR) is 130 cm³/mol. The Morgan fingerprint density at radius 3 is 2.69 bits per heavy atom. The van der Waals surface area contributed by atoms with Gasteiger partial charge < -0.3 is 10.1 Å². The van der Waals surface area contributed by atoms with E-state index in [0.29, 0.717) is 29.6 Å². The van der Waals surface area contributed by atoms with Crippen molar-refractivity contribution in [3.05, 3.63) is 111 Å². The zero-order valence-electron chi connectivity index (χ0n) is 17.4. The number of carbonyl (C=O) groups excluding carboxylic acids is 1. The molecule has 0 saturated heterocycles. The van der Waals surface area contributed by atoms with E-state index in [9.17, 15) is 4.79 Å². The molecular weight excluding hydrogens is 490 g/mol. The van der Waals surface area contributed by atoms with E-state index in [1.807, 2.05) is 84.4 Å². The second-order valence-electron chi connectivity index (χ2n) is 7.32. The molecule has 0 saturated carbocycles. The molecule has 0 aliphatic rings. The Hall–Kier alpha value is -3.09. The van der Waals surface area contributed by atoms with Gasteiger partial charge in [0.25, 0.3) is 5.91 Å². The van der Waals surface area contributed by atoms with Crippen LogP contribution >= 0.6 is 27.5 Å². The van der Waals surface area contributed by atoms with E-state index in [0.717, 1.165) is 27.0 Å². The van der Waals surface area contributed by atoms with Gasteiger partial charge in [-0.2, -0.15) is 5.10 Å². The molecule has 1 heterocycles. The molecule has 3 aromatic carbocycles. The SMILES string of the molecule is Cc1cc(NC(=O)c2cccc(COc3cccc(Br)c3)c2)nn1Cc1ccccc1Cl. The van der Waals surface area contributed by atoms with Crippen LogP contribution in [0.4, 0.5) is 5.82 Å². The topological polar surface area (TPSA) is 56.1 Å². The largest absolute Gasteiger partial charge is 0.489 e. The van der Waals surface area contributed by atoms with Crippen molar-refractivity contribution in [2.45, 2.75) is 20.1 Å². The van der Waals surface area contributed by atoms with Gasteiger partial charge in [0.1, 0.15) is 12.4 Å². The first-order valence-corrected chi connectivity index (χ1v) is 11.2. The fraction of sp³-hybridized carbons (Fsp3) is 0.120. The Bertz CT molecular complexity index is 1260. The summed E-state index contributed by atoms with van der Waals surface area (Å²) >= 11 is 9.69. The second-order valence-corrected chi connectivity index (χ2v) is 8.64. The van der Waals surface area contributed by atoms with Crippen molar-refractivity contribution in [3.8, 4) is 5.75 Å². The number of aromatic nitrogens is 2. The number of aryl methyl sites for hydroxylation is 1. The first-order valence-electron chi connectivity index (χ1n) is 10.0. The summed E-state index contributed by atoms with van der Waals surface area (Å²) in [6.07, 6.45) is 0. The van der Waals surface area contributed by atoms with Crippen LogP contribution in [0.15, 0.2) is 83.3 Å². The number of nitrogens with zero attached hydrogens (tertiary/aromatic N) is 2. The third-order valence-electron chi connectivity index (χ3n) is 4.89. The lowest BCUT2D eigenvalue weighted by Gasteiger charge is -2.08. The van der Waals surface area contributed by atoms with Crippen molar-refractivity contribution >= 4 is 39.3 Å². The molecule has 4 aromatic rings. The molecule has 0 aliphatic carbocycles. The predicted octanol–water partition coefficient (Wildman–Crippen LogP) is 6.49. The molecule has 5 nitrogen and oxygen atoms in total. The third-order valence-corrected chi connectivity index (χ3v) is 5.75. The van der Waals surface area contributed by atoms with E-state index in [4.69, 9.17) is 16.3 Å². The Morgan fingerprint density at radius 1 is 1.06 bits per heavy atom. The van der Waals surface area contributed by atoms with E-state index in [-0.39, 0.29) is 5.91 Å². The second kappa shape index (κ2) is 10.0. The van der Waals surface area contributed by atoms with Crippen molar-refractivity contribution in [2.75, 3.05) is 5.32 Å². The molecule has 0 radical (unpaired) electrons. The first kappa shape index (κ1) is 22.1. The quantitative estimate of drug-likeness (QED) is 0.309. The summed E-state index contributed by atoms with van der Waals surface area (Å²) in [5.41, 5.74) is 3.34. The van der Waals surface area contributed by atoms with E-state index >= 15 is 0 Å². The van der Waals surface area contributed by atoms with Crippen molar-refractivity contribution in [2.24, 2.45) is 0 Å². The van der Waals surface area contributed by atoms with Crippen LogP contribution in [0, 0.1) is 6.92 Å². The van der Waals surface area contributed by atoms with Gasteiger partial charge in [-0.25, -0.2) is 0 Å². The van der Waals surface area contributed by atoms with Crippen LogP contribution < -0.4 is 10.1 Å². The number of rotatable bonds is 7. The maximum Gasteiger partial charge on any atom is 0.256 e. The smallest absolute Gasteiger partial charge is 0.256 e. The molecule has 0 aliphatic heterocycles. The highest BCUT2D eigenvalue weighted by Gasteiger charge is 2.12. The minimum atomic E-state index is -0.225. The van der Waals surface area contributed by atoms with Crippen LogP contribution in [0.2, 0.25) is 5.02 Å². The molecule has 0 fully saturated rings. The van der Waals surface area contributed by atoms with Gasteiger partial charge >= 0.3 is 0 Å². The fourth-order valence-electron chi connectivity index (χ4n) is 3.23. The number of nitrogens with one attached hydrogen (secondary N) is 1. The summed E-state index contributed by atoms with van der Waals surface area (Å²) in [6, 6.07) is 24.5. The van der Waals surface area contributed by atoms with Crippen LogP contribution in [-0.2, 0) is 13.2 Å². The van der Waals surface area contributed by atoms with Crippen LogP contribution in [-0.4, -0.2) is 15.7 Å². The molecule has 0 bridgehead atoms. The lowest BCUT2D eigenvalue weighted by Crippen LogP contribution is -2.13. The van der Waals surface area contributed by atoms with Gasteiger partial charge in [0, 0.05) is 26.8 Å². The first-order chi connectivity index (χ1) is 15.5. The van der Waals surface area contributed by atoms with Crippen molar-refractivity contribution < 1.29 is 9.53 Å². The molecule has 32 heavy (non-hydrogen) atoms. The van der Waals surface area contributed by atoms with Gasteiger partial charge in [-0.15, -0.1) is 0 Å². The lowest BCUT2D eigenvalue weighted by molar-refractivity contribution is 0.102. The zero-order chi connectivity index (χ0) is 22.5. The normalized spacial score (nSPS) is 10.7. The summed E-state index contributed by atoms with van der Waals surface area (Å²) in [7, 11) is 0. The summed E-state index contributed by atoms with van der Waals surface area (Å²) in [4.78, 5) is 12.8. The van der Waals surface area contributed by atoms with Crippen LogP contribution in [0.1, 0.15) is 27.2 Å². The van der Waals surface area contributed by atoms with Gasteiger partial charge in [-0.05, 0) is 54.4 Å². The van der Waals surface area contributed by atoms with Crippen molar-refractivity contribution in [1.82, 2.24) is 9.78 Å². The summed E-state index contributed by atoms with van der Waals surface area (Å²) in [5.74, 6) is 1.03. The van der Waals surface area contributed by atoms with Crippen molar-refractivity contribution in [3.63, 3.8) is 0 Å². The third kappa shape index (κ3) is 5.58. The van der Waals surface area contributed by atoms with Crippen LogP contribution in [0.25, 0.3) is 0 Å². The maximum absolute atomic E-state index is 12.8. The van der Waals surface area contributed by atoms with Crippen LogP contribution in [0.5, 0.6) is 5.75 Å². The fourth-order valence-corrected chi connectivity index (χ4v) is 3.81.